The summed E-state index contributed by atoms with van der Waals surface area (Å²) < 4.78 is 27.3. The highest BCUT2D eigenvalue weighted by Gasteiger charge is 2.38. The normalized spacial score (nSPS) is 20.4. The molecule has 1 aliphatic heterocycles. The molecule has 1 saturated heterocycles. The summed E-state index contributed by atoms with van der Waals surface area (Å²) in [6.45, 7) is 4.56. The van der Waals surface area contributed by atoms with Crippen molar-refractivity contribution in [2.75, 3.05) is 6.54 Å². The highest BCUT2D eigenvalue weighted by atomic mass is 32.2. The van der Waals surface area contributed by atoms with E-state index in [2.05, 4.69) is 15.2 Å². The number of rotatable bonds is 4. The fraction of sp³-hybridized carbons (Fsp3) is 0.538. The van der Waals surface area contributed by atoms with Crippen molar-refractivity contribution in [1.82, 2.24) is 19.5 Å². The van der Waals surface area contributed by atoms with E-state index in [1.807, 2.05) is 13.8 Å². The number of nitrogens with one attached hydrogen (secondary N) is 1. The third kappa shape index (κ3) is 2.63. The fourth-order valence-corrected chi connectivity index (χ4v) is 5.30. The molecule has 6 nitrogen and oxygen atoms in total. The van der Waals surface area contributed by atoms with Crippen LogP contribution in [0.15, 0.2) is 21.7 Å². The third-order valence-electron chi connectivity index (χ3n) is 3.61. The van der Waals surface area contributed by atoms with Gasteiger partial charge in [-0.25, -0.2) is 13.4 Å². The number of nitrogens with zero attached hydrogens (tertiary/aromatic N) is 3. The summed E-state index contributed by atoms with van der Waals surface area (Å²) in [5.74, 6) is 1.60. The van der Waals surface area contributed by atoms with Crippen LogP contribution < -0.4 is 0 Å². The van der Waals surface area contributed by atoms with Gasteiger partial charge < -0.3 is 0 Å². The highest BCUT2D eigenvalue weighted by molar-refractivity contribution is 7.91. The maximum atomic E-state index is 12.7. The molecule has 0 unspecified atom stereocenters. The van der Waals surface area contributed by atoms with E-state index >= 15 is 0 Å². The molecule has 0 spiro atoms. The van der Waals surface area contributed by atoms with Crippen molar-refractivity contribution in [3.63, 3.8) is 0 Å². The lowest BCUT2D eigenvalue weighted by molar-refractivity contribution is 0.385. The van der Waals surface area contributed by atoms with Crippen LogP contribution in [0.5, 0.6) is 0 Å². The van der Waals surface area contributed by atoms with Gasteiger partial charge in [0.1, 0.15) is 10.0 Å². The minimum atomic E-state index is -3.44. The van der Waals surface area contributed by atoms with Crippen LogP contribution in [0.1, 0.15) is 50.3 Å². The second-order valence-corrected chi connectivity index (χ2v) is 8.50. The number of hydrogen-bond donors (Lipinski definition) is 1. The average Bonchev–Trinajstić information content (AvgIpc) is 3.19. The van der Waals surface area contributed by atoms with Crippen molar-refractivity contribution in [2.45, 2.75) is 42.9 Å². The van der Waals surface area contributed by atoms with Crippen molar-refractivity contribution in [3.05, 3.63) is 29.2 Å². The lowest BCUT2D eigenvalue weighted by Gasteiger charge is -2.21. The molecule has 1 aliphatic rings. The summed E-state index contributed by atoms with van der Waals surface area (Å²) in [4.78, 5) is 4.47. The maximum Gasteiger partial charge on any atom is 0.253 e. The van der Waals surface area contributed by atoms with Crippen molar-refractivity contribution in [2.24, 2.45) is 0 Å². The number of hydrogen-bond acceptors (Lipinski definition) is 5. The van der Waals surface area contributed by atoms with Gasteiger partial charge in [-0.05, 0) is 24.3 Å². The van der Waals surface area contributed by atoms with Gasteiger partial charge in [-0.2, -0.15) is 9.40 Å². The predicted molar refractivity (Wildman–Crippen MR) is 80.7 cm³/mol. The second kappa shape index (κ2) is 5.51. The summed E-state index contributed by atoms with van der Waals surface area (Å²) in [5.41, 5.74) is 0. The molecule has 114 valence electrons. The number of aromatic amines is 1. The largest absolute Gasteiger partial charge is 0.262 e. The standard InChI is InChI=1S/C13H18N4O2S2/c1-9(2)12-14-13(16-15-12)10-5-3-7-17(10)21(18,19)11-6-4-8-20-11/h4,6,8-10H,3,5,7H2,1-2H3,(H,14,15,16)/t10-/m0/s1. The van der Waals surface area contributed by atoms with E-state index in [1.54, 1.807) is 21.8 Å². The Bertz CT molecular complexity index is 706. The zero-order valence-corrected chi connectivity index (χ0v) is 13.6. The molecule has 1 atom stereocenters. The topological polar surface area (TPSA) is 79.0 Å². The first-order chi connectivity index (χ1) is 10.00. The number of sulfonamides is 1. The molecule has 0 aromatic carbocycles. The smallest absolute Gasteiger partial charge is 0.253 e. The highest BCUT2D eigenvalue weighted by Crippen LogP contribution is 2.36. The zero-order valence-electron chi connectivity index (χ0n) is 12.0. The Morgan fingerprint density at radius 2 is 2.29 bits per heavy atom. The van der Waals surface area contributed by atoms with E-state index in [9.17, 15) is 8.42 Å². The van der Waals surface area contributed by atoms with Crippen molar-refractivity contribution >= 4 is 21.4 Å². The molecule has 3 rings (SSSR count). The maximum absolute atomic E-state index is 12.7. The van der Waals surface area contributed by atoms with Crippen LogP contribution in [0.2, 0.25) is 0 Å². The summed E-state index contributed by atoms with van der Waals surface area (Å²) >= 11 is 1.25. The molecule has 2 aromatic rings. The van der Waals surface area contributed by atoms with Crippen LogP contribution in [0.25, 0.3) is 0 Å². The van der Waals surface area contributed by atoms with Gasteiger partial charge in [0.05, 0.1) is 6.04 Å². The first-order valence-electron chi connectivity index (χ1n) is 6.97. The van der Waals surface area contributed by atoms with Crippen LogP contribution in [0.3, 0.4) is 0 Å². The molecule has 1 fully saturated rings. The lowest BCUT2D eigenvalue weighted by Crippen LogP contribution is -2.30. The first kappa shape index (κ1) is 14.7. The molecular formula is C13H18N4O2S2. The van der Waals surface area contributed by atoms with Crippen molar-refractivity contribution in [3.8, 4) is 0 Å². The van der Waals surface area contributed by atoms with E-state index in [1.165, 1.54) is 11.3 Å². The van der Waals surface area contributed by atoms with Crippen LogP contribution >= 0.6 is 11.3 Å². The molecule has 0 bridgehead atoms. The molecule has 1 N–H and O–H groups in total. The average molecular weight is 326 g/mol. The van der Waals surface area contributed by atoms with Crippen molar-refractivity contribution in [1.29, 1.82) is 0 Å². The quantitative estimate of drug-likeness (QED) is 0.936. The van der Waals surface area contributed by atoms with Gasteiger partial charge in [0.2, 0.25) is 0 Å². The summed E-state index contributed by atoms with van der Waals surface area (Å²) in [7, 11) is -3.44. The molecule has 0 amide bonds. The Morgan fingerprint density at radius 1 is 1.48 bits per heavy atom. The van der Waals surface area contributed by atoms with Gasteiger partial charge in [-0.15, -0.1) is 11.3 Å². The van der Waals surface area contributed by atoms with Gasteiger partial charge in [-0.3, -0.25) is 5.10 Å². The van der Waals surface area contributed by atoms with Gasteiger partial charge >= 0.3 is 0 Å². The fourth-order valence-electron chi connectivity index (χ4n) is 2.52. The third-order valence-corrected chi connectivity index (χ3v) is 6.89. The first-order valence-corrected chi connectivity index (χ1v) is 9.29. The molecule has 3 heterocycles. The van der Waals surface area contributed by atoms with E-state index in [4.69, 9.17) is 0 Å². The van der Waals surface area contributed by atoms with Gasteiger partial charge in [0.25, 0.3) is 10.0 Å². The van der Waals surface area contributed by atoms with Gasteiger partial charge in [0.15, 0.2) is 5.82 Å². The summed E-state index contributed by atoms with van der Waals surface area (Å²) in [6, 6.07) is 3.17. The van der Waals surface area contributed by atoms with Crippen LogP contribution in [0.4, 0.5) is 0 Å². The molecule has 21 heavy (non-hydrogen) atoms. The number of H-pyrrole nitrogens is 1. The van der Waals surface area contributed by atoms with E-state index in [-0.39, 0.29) is 12.0 Å². The van der Waals surface area contributed by atoms with Gasteiger partial charge in [0, 0.05) is 12.5 Å². The monoisotopic (exact) mass is 326 g/mol. The Labute approximate surface area is 128 Å². The Hall–Kier alpha value is -1.25. The Kier molecular flexibility index (Phi) is 3.85. The predicted octanol–water partition coefficient (Wildman–Crippen LogP) is 2.52. The molecule has 0 radical (unpaired) electrons. The van der Waals surface area contributed by atoms with Crippen molar-refractivity contribution < 1.29 is 8.42 Å². The van der Waals surface area contributed by atoms with Crippen LogP contribution in [0, 0.1) is 0 Å². The molecule has 0 saturated carbocycles. The Morgan fingerprint density at radius 3 is 2.90 bits per heavy atom. The zero-order chi connectivity index (χ0) is 15.0. The minimum Gasteiger partial charge on any atom is -0.262 e. The van der Waals surface area contributed by atoms with Crippen LogP contribution in [-0.2, 0) is 10.0 Å². The summed E-state index contributed by atoms with van der Waals surface area (Å²) in [5, 5.41) is 8.88. The van der Waals surface area contributed by atoms with E-state index in [0.717, 1.165) is 18.7 Å². The summed E-state index contributed by atoms with van der Waals surface area (Å²) in [6.07, 6.45) is 1.62. The molecule has 0 aliphatic carbocycles. The molecular weight excluding hydrogens is 308 g/mol. The number of aromatic nitrogens is 3. The molecule has 8 heteroatoms. The molecule has 2 aromatic heterocycles. The van der Waals surface area contributed by atoms with E-state index < -0.39 is 10.0 Å². The van der Waals surface area contributed by atoms with E-state index in [0.29, 0.717) is 16.6 Å². The minimum absolute atomic E-state index is 0.221. The lowest BCUT2D eigenvalue weighted by atomic mass is 10.2. The second-order valence-electron chi connectivity index (χ2n) is 5.44. The Balaban J connectivity index is 1.92. The number of thiophene rings is 1. The van der Waals surface area contributed by atoms with Crippen LogP contribution in [-0.4, -0.2) is 34.4 Å². The van der Waals surface area contributed by atoms with Gasteiger partial charge in [-0.1, -0.05) is 19.9 Å². The SMILES string of the molecule is CC(C)c1n[nH]c([C@@H]2CCCN2S(=O)(=O)c2cccs2)n1.